The number of anilines is 1. The molecule has 0 bridgehead atoms. The van der Waals surface area contributed by atoms with E-state index in [-0.39, 0.29) is 12.6 Å². The Hall–Kier alpha value is -2.05. The molecule has 22 heavy (non-hydrogen) atoms. The largest absolute Gasteiger partial charge is 0.389 e. The number of carbonyl (C=O) groups is 1. The molecule has 1 heterocycles. The summed E-state index contributed by atoms with van der Waals surface area (Å²) in [6.45, 7) is 3.51. The summed E-state index contributed by atoms with van der Waals surface area (Å²) in [7, 11) is 1.62. The third-order valence-electron chi connectivity index (χ3n) is 2.92. The maximum Gasteiger partial charge on any atom is 0.321 e. The summed E-state index contributed by atoms with van der Waals surface area (Å²) in [5.74, 6) is 0. The van der Waals surface area contributed by atoms with E-state index < -0.39 is 5.60 Å². The second kappa shape index (κ2) is 6.37. The van der Waals surface area contributed by atoms with E-state index in [0.29, 0.717) is 10.7 Å². The lowest BCUT2D eigenvalue weighted by molar-refractivity contribution is 0.0550. The van der Waals surface area contributed by atoms with Crippen LogP contribution in [-0.4, -0.2) is 45.0 Å². The number of hydrogen-bond acceptors (Lipinski definition) is 3. The van der Waals surface area contributed by atoms with Crippen LogP contribution in [0, 0.1) is 0 Å². The van der Waals surface area contributed by atoms with Gasteiger partial charge in [-0.05, 0) is 38.1 Å². The number of nitrogens with one attached hydrogen (secondary N) is 1. The molecule has 0 aliphatic carbocycles. The Morgan fingerprint density at radius 3 is 2.77 bits per heavy atom. The van der Waals surface area contributed by atoms with E-state index in [4.69, 9.17) is 11.6 Å². The highest BCUT2D eigenvalue weighted by Crippen LogP contribution is 2.24. The number of nitrogens with zero attached hydrogens (tertiary/aromatic N) is 3. The molecule has 0 aliphatic heterocycles. The highest BCUT2D eigenvalue weighted by atomic mass is 35.5. The number of hydrogen-bond donors (Lipinski definition) is 2. The zero-order valence-electron chi connectivity index (χ0n) is 12.7. The van der Waals surface area contributed by atoms with E-state index in [0.717, 1.165) is 5.69 Å². The zero-order chi connectivity index (χ0) is 16.3. The van der Waals surface area contributed by atoms with Crippen LogP contribution in [0.2, 0.25) is 5.02 Å². The fraction of sp³-hybridized carbons (Fsp3) is 0.333. The van der Waals surface area contributed by atoms with Crippen LogP contribution in [0.25, 0.3) is 5.69 Å². The molecule has 2 N–H and O–H groups in total. The van der Waals surface area contributed by atoms with Crippen LogP contribution < -0.4 is 5.32 Å². The number of likely N-dealkylation sites (N-methyl/N-ethyl adjacent to an activating group) is 1. The number of rotatable bonds is 4. The molecule has 0 spiro atoms. The van der Waals surface area contributed by atoms with E-state index in [2.05, 4.69) is 10.4 Å². The first kappa shape index (κ1) is 16.3. The van der Waals surface area contributed by atoms with Gasteiger partial charge < -0.3 is 15.3 Å². The number of benzene rings is 1. The van der Waals surface area contributed by atoms with E-state index in [1.165, 1.54) is 4.90 Å². The van der Waals surface area contributed by atoms with Gasteiger partial charge in [0.1, 0.15) is 0 Å². The lowest BCUT2D eigenvalue weighted by Crippen LogP contribution is -2.41. The minimum Gasteiger partial charge on any atom is -0.389 e. The molecule has 0 fully saturated rings. The van der Waals surface area contributed by atoms with Crippen molar-refractivity contribution in [3.05, 3.63) is 41.7 Å². The van der Waals surface area contributed by atoms with E-state index in [1.807, 2.05) is 0 Å². The molecule has 1 aromatic heterocycles. The van der Waals surface area contributed by atoms with Crippen LogP contribution >= 0.6 is 11.6 Å². The Morgan fingerprint density at radius 2 is 2.23 bits per heavy atom. The highest BCUT2D eigenvalue weighted by Gasteiger charge is 2.19. The number of amides is 2. The number of aromatic nitrogens is 2. The first-order valence-corrected chi connectivity index (χ1v) is 7.18. The summed E-state index contributed by atoms with van der Waals surface area (Å²) in [5, 5.41) is 17.1. The van der Waals surface area contributed by atoms with Crippen molar-refractivity contribution in [1.82, 2.24) is 14.7 Å². The standard InChI is InChI=1S/C15H19ClN4O2/c1-15(2,22)10-19(3)14(21)18-11-5-6-13(12(16)9-11)20-8-4-7-17-20/h4-9,22H,10H2,1-3H3,(H,18,21). The smallest absolute Gasteiger partial charge is 0.321 e. The van der Waals surface area contributed by atoms with Gasteiger partial charge in [-0.15, -0.1) is 0 Å². The van der Waals surface area contributed by atoms with Gasteiger partial charge in [0, 0.05) is 25.1 Å². The van der Waals surface area contributed by atoms with Crippen molar-refractivity contribution >= 4 is 23.3 Å². The molecule has 0 aliphatic rings. The third-order valence-corrected chi connectivity index (χ3v) is 3.22. The van der Waals surface area contributed by atoms with Gasteiger partial charge in [-0.1, -0.05) is 11.6 Å². The molecule has 0 saturated carbocycles. The molecule has 0 radical (unpaired) electrons. The maximum atomic E-state index is 12.1. The highest BCUT2D eigenvalue weighted by molar-refractivity contribution is 6.32. The molecule has 0 saturated heterocycles. The van der Waals surface area contributed by atoms with Gasteiger partial charge in [-0.3, -0.25) is 0 Å². The van der Waals surface area contributed by atoms with Crippen molar-refractivity contribution < 1.29 is 9.90 Å². The first-order chi connectivity index (χ1) is 10.3. The normalized spacial score (nSPS) is 11.3. The average molecular weight is 323 g/mol. The Balaban J connectivity index is 2.08. The van der Waals surface area contributed by atoms with Gasteiger partial charge in [-0.2, -0.15) is 5.10 Å². The quantitative estimate of drug-likeness (QED) is 0.909. The predicted molar refractivity (Wildman–Crippen MR) is 86.5 cm³/mol. The number of aliphatic hydroxyl groups is 1. The molecule has 0 atom stereocenters. The summed E-state index contributed by atoms with van der Waals surface area (Å²) >= 11 is 6.22. The Labute approximate surface area is 134 Å². The van der Waals surface area contributed by atoms with Crippen LogP contribution in [0.4, 0.5) is 10.5 Å². The molecule has 1 aromatic carbocycles. The van der Waals surface area contributed by atoms with Crippen LogP contribution in [0.15, 0.2) is 36.7 Å². The lowest BCUT2D eigenvalue weighted by Gasteiger charge is -2.25. The maximum absolute atomic E-state index is 12.1. The summed E-state index contributed by atoms with van der Waals surface area (Å²) in [6, 6.07) is 6.68. The molecule has 2 rings (SSSR count). The molecule has 6 nitrogen and oxygen atoms in total. The van der Waals surface area contributed by atoms with Gasteiger partial charge in [0.15, 0.2) is 0 Å². The van der Waals surface area contributed by atoms with Crippen molar-refractivity contribution in [2.24, 2.45) is 0 Å². The van der Waals surface area contributed by atoms with Crippen LogP contribution in [0.5, 0.6) is 0 Å². The van der Waals surface area contributed by atoms with Gasteiger partial charge in [0.2, 0.25) is 0 Å². The molecule has 0 unspecified atom stereocenters. The SMILES string of the molecule is CN(CC(C)(C)O)C(=O)Nc1ccc(-n2cccn2)c(Cl)c1. The molecular formula is C15H19ClN4O2. The van der Waals surface area contributed by atoms with Gasteiger partial charge in [0.05, 0.1) is 22.9 Å². The fourth-order valence-corrected chi connectivity index (χ4v) is 2.32. The summed E-state index contributed by atoms with van der Waals surface area (Å²) in [4.78, 5) is 13.5. The second-order valence-electron chi connectivity index (χ2n) is 5.72. The fourth-order valence-electron chi connectivity index (χ4n) is 2.05. The number of urea groups is 1. The van der Waals surface area contributed by atoms with Gasteiger partial charge >= 0.3 is 6.03 Å². The van der Waals surface area contributed by atoms with Gasteiger partial charge in [-0.25, -0.2) is 9.48 Å². The molecular weight excluding hydrogens is 304 g/mol. The number of halogens is 1. The minimum absolute atomic E-state index is 0.220. The van der Waals surface area contributed by atoms with Crippen molar-refractivity contribution in [2.45, 2.75) is 19.4 Å². The summed E-state index contributed by atoms with van der Waals surface area (Å²) in [5.41, 5.74) is 0.358. The second-order valence-corrected chi connectivity index (χ2v) is 6.12. The van der Waals surface area contributed by atoms with Crippen molar-refractivity contribution in [3.63, 3.8) is 0 Å². The van der Waals surface area contributed by atoms with E-state index in [9.17, 15) is 9.90 Å². The first-order valence-electron chi connectivity index (χ1n) is 6.80. The zero-order valence-corrected chi connectivity index (χ0v) is 13.5. The molecule has 7 heteroatoms. The van der Waals surface area contributed by atoms with E-state index in [1.54, 1.807) is 62.2 Å². The predicted octanol–water partition coefficient (Wildman–Crippen LogP) is 2.76. The van der Waals surface area contributed by atoms with Crippen LogP contribution in [0.1, 0.15) is 13.8 Å². The summed E-state index contributed by atoms with van der Waals surface area (Å²) in [6.07, 6.45) is 3.45. The number of carbonyl (C=O) groups excluding carboxylic acids is 1. The summed E-state index contributed by atoms with van der Waals surface area (Å²) < 4.78 is 1.65. The minimum atomic E-state index is -0.951. The van der Waals surface area contributed by atoms with Crippen LogP contribution in [-0.2, 0) is 0 Å². The van der Waals surface area contributed by atoms with Gasteiger partial charge in [0.25, 0.3) is 0 Å². The Morgan fingerprint density at radius 1 is 1.50 bits per heavy atom. The Bertz CT molecular complexity index is 650. The van der Waals surface area contributed by atoms with Crippen molar-refractivity contribution in [3.8, 4) is 5.69 Å². The van der Waals surface area contributed by atoms with Crippen LogP contribution in [0.3, 0.4) is 0 Å². The monoisotopic (exact) mass is 322 g/mol. The van der Waals surface area contributed by atoms with E-state index >= 15 is 0 Å². The molecule has 2 amide bonds. The molecule has 118 valence electrons. The average Bonchev–Trinajstić information content (AvgIpc) is 2.90. The third kappa shape index (κ3) is 4.22. The van der Waals surface area contributed by atoms with Crippen molar-refractivity contribution in [1.29, 1.82) is 0 Å². The van der Waals surface area contributed by atoms with Crippen molar-refractivity contribution in [2.75, 3.05) is 18.9 Å². The lowest BCUT2D eigenvalue weighted by atomic mass is 10.1. The topological polar surface area (TPSA) is 70.4 Å². The Kier molecular flexibility index (Phi) is 4.73. The molecule has 2 aromatic rings.